The molecule has 1 fully saturated rings. The molecule has 1 aliphatic heterocycles. The number of hydrogen-bond donors (Lipinski definition) is 3. The predicted octanol–water partition coefficient (Wildman–Crippen LogP) is 1.40. The molecular weight excluding hydrogens is 288 g/mol. The normalized spacial score (nSPS) is 16.4. The molecule has 0 aromatic carbocycles. The van der Waals surface area contributed by atoms with Gasteiger partial charge in [-0.2, -0.15) is 0 Å². The number of anilines is 2. The van der Waals surface area contributed by atoms with Crippen molar-refractivity contribution in [1.82, 2.24) is 0 Å². The molecule has 0 atom stereocenters. The van der Waals surface area contributed by atoms with Gasteiger partial charge in [-0.25, -0.2) is 0 Å². The summed E-state index contributed by atoms with van der Waals surface area (Å²) in [6, 6.07) is 0. The molecule has 21 heavy (non-hydrogen) atoms. The Hall–Kier alpha value is -1.76. The van der Waals surface area contributed by atoms with Gasteiger partial charge in [0.15, 0.2) is 0 Å². The fourth-order valence-corrected chi connectivity index (χ4v) is 3.97. The third kappa shape index (κ3) is 2.97. The highest BCUT2D eigenvalue weighted by atomic mass is 32.1. The molecule has 1 aromatic heterocycles. The van der Waals surface area contributed by atoms with Gasteiger partial charge >= 0.3 is 0 Å². The van der Waals surface area contributed by atoms with Gasteiger partial charge in [-0.3, -0.25) is 9.59 Å². The van der Waals surface area contributed by atoms with E-state index in [-0.39, 0.29) is 16.1 Å². The predicted molar refractivity (Wildman–Crippen MR) is 85.5 cm³/mol. The topological polar surface area (TPSA) is 115 Å². The zero-order chi connectivity index (χ0) is 15.7. The second kappa shape index (κ2) is 5.93. The lowest BCUT2D eigenvalue weighted by Gasteiger charge is -2.34. The van der Waals surface area contributed by atoms with Crippen LogP contribution < -0.4 is 22.1 Å². The molecule has 116 valence electrons. The molecule has 7 heteroatoms. The van der Waals surface area contributed by atoms with Crippen LogP contribution in [0, 0.1) is 11.8 Å². The van der Waals surface area contributed by atoms with E-state index in [0.29, 0.717) is 16.8 Å². The van der Waals surface area contributed by atoms with Crippen LogP contribution in [0.25, 0.3) is 0 Å². The molecule has 0 unspecified atom stereocenters. The Kier molecular flexibility index (Phi) is 4.41. The number of piperidine rings is 1. The first-order valence-corrected chi connectivity index (χ1v) is 7.91. The van der Waals surface area contributed by atoms with E-state index in [1.165, 1.54) is 0 Å². The fourth-order valence-electron chi connectivity index (χ4n) is 2.84. The van der Waals surface area contributed by atoms with Crippen LogP contribution in [0.5, 0.6) is 0 Å². The van der Waals surface area contributed by atoms with Crippen LogP contribution in [0.1, 0.15) is 46.7 Å². The van der Waals surface area contributed by atoms with Gasteiger partial charge in [-0.05, 0) is 24.7 Å². The van der Waals surface area contributed by atoms with Crippen molar-refractivity contribution in [2.45, 2.75) is 26.7 Å². The Morgan fingerprint density at radius 2 is 1.76 bits per heavy atom. The molecule has 1 saturated heterocycles. The first-order chi connectivity index (χ1) is 9.82. The average molecular weight is 310 g/mol. The Labute approximate surface area is 128 Å². The highest BCUT2D eigenvalue weighted by Crippen LogP contribution is 2.40. The van der Waals surface area contributed by atoms with E-state index in [1.807, 2.05) is 0 Å². The monoisotopic (exact) mass is 310 g/mol. The third-order valence-corrected chi connectivity index (χ3v) is 5.45. The molecule has 6 nitrogen and oxygen atoms in total. The zero-order valence-corrected chi connectivity index (χ0v) is 13.2. The van der Waals surface area contributed by atoms with Crippen molar-refractivity contribution < 1.29 is 9.59 Å². The van der Waals surface area contributed by atoms with Gasteiger partial charge in [0.1, 0.15) is 9.88 Å². The number of nitrogens with two attached hydrogens (primary N) is 3. The molecule has 1 aromatic rings. The number of nitrogen functional groups attached to an aromatic ring is 1. The third-order valence-electron chi connectivity index (χ3n) is 4.17. The molecule has 2 amide bonds. The van der Waals surface area contributed by atoms with Gasteiger partial charge in [0.25, 0.3) is 11.8 Å². The van der Waals surface area contributed by atoms with Crippen LogP contribution in [0.15, 0.2) is 0 Å². The maximum atomic E-state index is 11.7. The lowest BCUT2D eigenvalue weighted by molar-refractivity contribution is 0.0999. The van der Waals surface area contributed by atoms with Crippen molar-refractivity contribution in [3.05, 3.63) is 10.4 Å². The largest absolute Gasteiger partial charge is 0.397 e. The van der Waals surface area contributed by atoms with E-state index in [1.54, 1.807) is 0 Å². The van der Waals surface area contributed by atoms with Gasteiger partial charge in [-0.1, -0.05) is 13.8 Å². The molecule has 0 radical (unpaired) electrons. The summed E-state index contributed by atoms with van der Waals surface area (Å²) in [7, 11) is 0. The van der Waals surface area contributed by atoms with Gasteiger partial charge < -0.3 is 22.1 Å². The Bertz CT molecular complexity index is 560. The quantitative estimate of drug-likeness (QED) is 0.779. The van der Waals surface area contributed by atoms with Gasteiger partial charge in [0.05, 0.1) is 11.3 Å². The van der Waals surface area contributed by atoms with E-state index >= 15 is 0 Å². The fraction of sp³-hybridized carbons (Fsp3) is 0.571. The van der Waals surface area contributed by atoms with Crippen LogP contribution in [-0.2, 0) is 0 Å². The SMILES string of the molecule is CC(C)C1CCN(c2sc(C(N)=O)c(N)c2C(N)=O)CC1. The van der Waals surface area contributed by atoms with E-state index in [2.05, 4.69) is 18.7 Å². The van der Waals surface area contributed by atoms with Gasteiger partial charge in [0, 0.05) is 13.1 Å². The van der Waals surface area contributed by atoms with Crippen LogP contribution in [0.3, 0.4) is 0 Å². The van der Waals surface area contributed by atoms with E-state index in [4.69, 9.17) is 17.2 Å². The summed E-state index contributed by atoms with van der Waals surface area (Å²) >= 11 is 1.16. The second-order valence-electron chi connectivity index (χ2n) is 5.82. The van der Waals surface area contributed by atoms with Crippen LogP contribution in [0.4, 0.5) is 10.7 Å². The summed E-state index contributed by atoms with van der Waals surface area (Å²) in [5, 5.41) is 0.677. The minimum Gasteiger partial charge on any atom is -0.397 e. The number of nitrogens with zero attached hydrogens (tertiary/aromatic N) is 1. The van der Waals surface area contributed by atoms with Crippen molar-refractivity contribution in [2.75, 3.05) is 23.7 Å². The molecule has 0 bridgehead atoms. The minimum absolute atomic E-state index is 0.112. The van der Waals surface area contributed by atoms with E-state index in [0.717, 1.165) is 37.3 Å². The molecule has 6 N–H and O–H groups in total. The Morgan fingerprint density at radius 1 is 1.19 bits per heavy atom. The van der Waals surface area contributed by atoms with Gasteiger partial charge in [-0.15, -0.1) is 11.3 Å². The highest BCUT2D eigenvalue weighted by molar-refractivity contribution is 7.19. The van der Waals surface area contributed by atoms with Crippen molar-refractivity contribution in [3.63, 3.8) is 0 Å². The standard InChI is InChI=1S/C14H22N4O2S/c1-7(2)8-3-5-18(6-4-8)14-9(12(16)19)10(15)11(21-14)13(17)20/h7-8H,3-6,15H2,1-2H3,(H2,16,19)(H2,17,20). The summed E-state index contributed by atoms with van der Waals surface area (Å²) in [5.74, 6) is 0.101. The van der Waals surface area contributed by atoms with Crippen LogP contribution in [-0.4, -0.2) is 24.9 Å². The zero-order valence-electron chi connectivity index (χ0n) is 12.4. The summed E-state index contributed by atoms with van der Waals surface area (Å²) < 4.78 is 0. The summed E-state index contributed by atoms with van der Waals surface area (Å²) in [5.41, 5.74) is 16.9. The Morgan fingerprint density at radius 3 is 2.19 bits per heavy atom. The van der Waals surface area contributed by atoms with Crippen molar-refractivity contribution in [2.24, 2.45) is 23.3 Å². The van der Waals surface area contributed by atoms with E-state index in [9.17, 15) is 9.59 Å². The summed E-state index contributed by atoms with van der Waals surface area (Å²) in [4.78, 5) is 25.4. The number of carbonyl (C=O) groups is 2. The first kappa shape index (κ1) is 15.6. The molecule has 1 aliphatic rings. The van der Waals surface area contributed by atoms with Crippen molar-refractivity contribution in [3.8, 4) is 0 Å². The van der Waals surface area contributed by atoms with Gasteiger partial charge in [0.2, 0.25) is 0 Å². The summed E-state index contributed by atoms with van der Waals surface area (Å²) in [6.45, 7) is 6.12. The van der Waals surface area contributed by atoms with Crippen LogP contribution >= 0.6 is 11.3 Å². The summed E-state index contributed by atoms with van der Waals surface area (Å²) in [6.07, 6.45) is 2.11. The van der Waals surface area contributed by atoms with E-state index < -0.39 is 11.8 Å². The molecule has 0 spiro atoms. The molecule has 0 saturated carbocycles. The highest BCUT2D eigenvalue weighted by Gasteiger charge is 2.29. The smallest absolute Gasteiger partial charge is 0.260 e. The average Bonchev–Trinajstić information content (AvgIpc) is 2.76. The molecule has 0 aliphatic carbocycles. The lowest BCUT2D eigenvalue weighted by atomic mass is 9.87. The number of rotatable bonds is 4. The van der Waals surface area contributed by atoms with Crippen molar-refractivity contribution >= 4 is 33.8 Å². The van der Waals surface area contributed by atoms with Crippen molar-refractivity contribution in [1.29, 1.82) is 0 Å². The first-order valence-electron chi connectivity index (χ1n) is 7.09. The number of carbonyl (C=O) groups excluding carboxylic acids is 2. The second-order valence-corrected chi connectivity index (χ2v) is 6.82. The molecular formula is C14H22N4O2S. The number of thiophene rings is 1. The lowest BCUT2D eigenvalue weighted by Crippen LogP contribution is -2.35. The molecule has 2 heterocycles. The maximum absolute atomic E-state index is 11.7. The molecule has 2 rings (SSSR count). The number of primary amides is 2. The maximum Gasteiger partial charge on any atom is 0.260 e. The number of hydrogen-bond acceptors (Lipinski definition) is 5. The minimum atomic E-state index is -0.622. The van der Waals surface area contributed by atoms with Crippen LogP contribution in [0.2, 0.25) is 0 Å². The Balaban J connectivity index is 2.30. The number of amides is 2.